The fourth-order valence-electron chi connectivity index (χ4n) is 0.123. The van der Waals surface area contributed by atoms with E-state index in [0.29, 0.717) is 0 Å². The Hall–Kier alpha value is 0.160. The minimum absolute atomic E-state index is 0.208. The van der Waals surface area contributed by atoms with E-state index in [2.05, 4.69) is 26.1 Å². The van der Waals surface area contributed by atoms with Gasteiger partial charge in [-0.1, -0.05) is 0 Å². The van der Waals surface area contributed by atoms with Gasteiger partial charge >= 0.3 is 5.97 Å². The summed E-state index contributed by atoms with van der Waals surface area (Å²) in [5.41, 5.74) is 0. The second-order valence-corrected chi connectivity index (χ2v) is 3.54. The summed E-state index contributed by atoms with van der Waals surface area (Å²) in [4.78, 5) is 9.47. The highest BCUT2D eigenvalue weighted by Crippen LogP contribution is 1.89. The second-order valence-electron chi connectivity index (χ2n) is 1.01. The van der Waals surface area contributed by atoms with Gasteiger partial charge in [-0.25, -0.2) is 9.00 Å². The van der Waals surface area contributed by atoms with Crippen molar-refractivity contribution in [2.45, 2.75) is 0 Å². The van der Waals surface area contributed by atoms with Crippen LogP contribution in [0.25, 0.3) is 0 Å². The molecule has 1 N–H and O–H groups in total. The molecule has 0 spiro atoms. The summed E-state index contributed by atoms with van der Waals surface area (Å²) in [6.07, 6.45) is 0. The van der Waals surface area contributed by atoms with Crippen LogP contribution in [-0.4, -0.2) is 29.0 Å². The molecule has 0 aromatic rings. The molecule has 0 aliphatic heterocycles. The van der Waals surface area contributed by atoms with Crippen LogP contribution in [0, 0.1) is 0 Å². The third-order valence-corrected chi connectivity index (χ3v) is 0.268. The number of ether oxygens (including phenoxy) is 1. The minimum Gasteiger partial charge on any atom is -0.480 e. The maximum atomic E-state index is 9.47. The van der Waals surface area contributed by atoms with Gasteiger partial charge in [0, 0.05) is 28.5 Å². The largest absolute Gasteiger partial charge is 0.480 e. The molecular formula is C3H6Cl2O4S. The molecule has 0 amide bonds. The summed E-state index contributed by atoms with van der Waals surface area (Å²) in [6.45, 7) is -0.208. The topological polar surface area (TPSA) is 63.6 Å². The van der Waals surface area contributed by atoms with Gasteiger partial charge in [-0.2, -0.15) is 0 Å². The monoisotopic (exact) mass is 208 g/mol. The Morgan fingerprint density at radius 3 is 2.00 bits per heavy atom. The third kappa shape index (κ3) is 41.9. The predicted octanol–water partition coefficient (Wildman–Crippen LogP) is 0.760. The van der Waals surface area contributed by atoms with Crippen molar-refractivity contribution in [3.63, 3.8) is 0 Å². The van der Waals surface area contributed by atoms with Crippen molar-refractivity contribution in [1.82, 2.24) is 0 Å². The molecule has 0 aliphatic rings. The molecule has 10 heavy (non-hydrogen) atoms. The first kappa shape index (κ1) is 12.8. The van der Waals surface area contributed by atoms with Gasteiger partial charge in [0.15, 0.2) is 0 Å². The lowest BCUT2D eigenvalue weighted by atomic mass is 10.8. The Balaban J connectivity index is 0. The summed E-state index contributed by atoms with van der Waals surface area (Å²) < 4.78 is 13.3. The average Bonchev–Trinajstić information content (AvgIpc) is 1.62. The van der Waals surface area contributed by atoms with E-state index >= 15 is 0 Å². The van der Waals surface area contributed by atoms with Crippen molar-refractivity contribution < 1.29 is 18.8 Å². The molecule has 0 aromatic carbocycles. The molecule has 0 radical (unpaired) electrons. The number of hydrogen-bond donors (Lipinski definition) is 1. The third-order valence-electron chi connectivity index (χ3n) is 0.268. The number of rotatable bonds is 2. The summed E-state index contributed by atoms with van der Waals surface area (Å²) >= 11 is 0. The molecule has 0 saturated heterocycles. The van der Waals surface area contributed by atoms with Crippen LogP contribution in [0.5, 0.6) is 0 Å². The molecule has 0 bridgehead atoms. The summed E-state index contributed by atoms with van der Waals surface area (Å²) in [5.74, 6) is -0.933. The first-order valence-corrected chi connectivity index (χ1v) is 4.76. The highest BCUT2D eigenvalue weighted by molar-refractivity contribution is 8.26. The molecule has 0 atom stereocenters. The Kier molecular flexibility index (Phi) is 11.7. The van der Waals surface area contributed by atoms with Crippen LogP contribution in [0.2, 0.25) is 0 Å². The summed E-state index contributed by atoms with van der Waals surface area (Å²) in [6, 6.07) is 0. The molecule has 0 saturated carbocycles. The van der Waals surface area contributed by atoms with Crippen LogP contribution in [0.15, 0.2) is 0 Å². The zero-order valence-electron chi connectivity index (χ0n) is 5.04. The number of methoxy groups -OCH3 is 1. The number of carboxylic acids is 1. The van der Waals surface area contributed by atoms with E-state index < -0.39 is 15.2 Å². The Labute approximate surface area is 69.5 Å². The van der Waals surface area contributed by atoms with Crippen molar-refractivity contribution in [2.75, 3.05) is 13.7 Å². The van der Waals surface area contributed by atoms with E-state index in [9.17, 15) is 4.79 Å². The van der Waals surface area contributed by atoms with Gasteiger partial charge in [0.05, 0.1) is 0 Å². The maximum Gasteiger partial charge on any atom is 0.329 e. The maximum absolute atomic E-state index is 9.47. The molecule has 0 aromatic heterocycles. The van der Waals surface area contributed by atoms with Crippen molar-refractivity contribution in [2.24, 2.45) is 0 Å². The smallest absolute Gasteiger partial charge is 0.329 e. The van der Waals surface area contributed by atoms with Crippen LogP contribution < -0.4 is 0 Å². The van der Waals surface area contributed by atoms with Crippen LogP contribution >= 0.6 is 21.4 Å². The predicted molar refractivity (Wildman–Crippen MR) is 39.4 cm³/mol. The SMILES string of the molecule is COCC(=O)O.O=S(Cl)Cl. The Morgan fingerprint density at radius 1 is 1.70 bits per heavy atom. The normalized spacial score (nSPS) is 8.40. The highest BCUT2D eigenvalue weighted by atomic mass is 36.0. The van der Waals surface area contributed by atoms with E-state index in [1.54, 1.807) is 0 Å². The quantitative estimate of drug-likeness (QED) is 0.682. The van der Waals surface area contributed by atoms with Gasteiger partial charge in [-0.05, 0) is 0 Å². The molecule has 0 unspecified atom stereocenters. The van der Waals surface area contributed by atoms with Gasteiger partial charge in [0.25, 0.3) is 0 Å². The molecular weight excluding hydrogens is 203 g/mol. The van der Waals surface area contributed by atoms with Gasteiger partial charge in [0.1, 0.15) is 6.61 Å². The summed E-state index contributed by atoms with van der Waals surface area (Å²) in [7, 11) is 8.70. The Morgan fingerprint density at radius 2 is 2.00 bits per heavy atom. The number of halogens is 2. The van der Waals surface area contributed by atoms with E-state index in [-0.39, 0.29) is 6.61 Å². The van der Waals surface area contributed by atoms with Crippen LogP contribution in [0.1, 0.15) is 0 Å². The molecule has 0 heterocycles. The molecule has 0 fully saturated rings. The number of hydrogen-bond acceptors (Lipinski definition) is 3. The number of carbonyl (C=O) groups is 1. The average molecular weight is 209 g/mol. The molecule has 62 valence electrons. The Bertz CT molecular complexity index is 113. The zero-order valence-corrected chi connectivity index (χ0v) is 7.37. The van der Waals surface area contributed by atoms with Gasteiger partial charge in [-0.3, -0.25) is 0 Å². The van der Waals surface area contributed by atoms with Crippen molar-refractivity contribution in [1.29, 1.82) is 0 Å². The van der Waals surface area contributed by atoms with Crippen molar-refractivity contribution >= 4 is 36.6 Å². The van der Waals surface area contributed by atoms with E-state index in [1.165, 1.54) is 7.11 Å². The highest BCUT2D eigenvalue weighted by Gasteiger charge is 1.87. The molecule has 4 nitrogen and oxygen atoms in total. The van der Waals surface area contributed by atoms with Crippen LogP contribution in [0.4, 0.5) is 0 Å². The lowest BCUT2D eigenvalue weighted by molar-refractivity contribution is -0.141. The fraction of sp³-hybridized carbons (Fsp3) is 0.667. The number of carboxylic acid groups (broad SMARTS) is 1. The zero-order chi connectivity index (χ0) is 8.57. The molecule has 0 rings (SSSR count). The first-order valence-electron chi connectivity index (χ1n) is 1.95. The molecule has 0 aliphatic carbocycles. The van der Waals surface area contributed by atoms with E-state index in [4.69, 9.17) is 9.32 Å². The summed E-state index contributed by atoms with van der Waals surface area (Å²) in [5, 5.41) is 7.79. The number of aliphatic carboxylic acids is 1. The van der Waals surface area contributed by atoms with Crippen molar-refractivity contribution in [3.05, 3.63) is 0 Å². The fourth-order valence-corrected chi connectivity index (χ4v) is 0.123. The first-order chi connectivity index (χ1) is 4.50. The second kappa shape index (κ2) is 9.16. The van der Waals surface area contributed by atoms with Gasteiger partial charge < -0.3 is 9.84 Å². The van der Waals surface area contributed by atoms with Gasteiger partial charge in [0.2, 0.25) is 9.23 Å². The van der Waals surface area contributed by atoms with Crippen LogP contribution in [-0.2, 0) is 18.8 Å². The van der Waals surface area contributed by atoms with Crippen molar-refractivity contribution in [3.8, 4) is 0 Å². The molecule has 7 heteroatoms. The lowest BCUT2D eigenvalue weighted by Gasteiger charge is -1.83. The lowest BCUT2D eigenvalue weighted by Crippen LogP contribution is -2.02. The van der Waals surface area contributed by atoms with E-state index in [1.807, 2.05) is 0 Å². The van der Waals surface area contributed by atoms with E-state index in [0.717, 1.165) is 0 Å². The van der Waals surface area contributed by atoms with Gasteiger partial charge in [-0.15, -0.1) is 0 Å². The standard InChI is InChI=1S/C3H6O3.Cl2OS/c1-6-2-3(4)5;1-4(2)3/h2H2,1H3,(H,4,5);. The minimum atomic E-state index is -1.67. The van der Waals surface area contributed by atoms with Crippen LogP contribution in [0.3, 0.4) is 0 Å².